The Morgan fingerprint density at radius 2 is 1.85 bits per heavy atom. The summed E-state index contributed by atoms with van der Waals surface area (Å²) in [4.78, 5) is 16.7. The fourth-order valence-electron chi connectivity index (χ4n) is 4.07. The van der Waals surface area contributed by atoms with Crippen LogP contribution in [0.15, 0.2) is 24.5 Å². The lowest BCUT2D eigenvalue weighted by molar-refractivity contribution is 0.455. The smallest absolute Gasteiger partial charge is 0.163 e. The zero-order chi connectivity index (χ0) is 18.8. The Labute approximate surface area is 165 Å². The Hall–Kier alpha value is -2.01. The highest BCUT2D eigenvalue weighted by atomic mass is 32.1. The molecule has 0 bridgehead atoms. The summed E-state index contributed by atoms with van der Waals surface area (Å²) in [6.45, 7) is 7.84. The molecule has 3 aromatic heterocycles. The van der Waals surface area contributed by atoms with Crippen molar-refractivity contribution in [1.82, 2.24) is 15.0 Å². The largest absolute Gasteiger partial charge is 0.369 e. The predicted octanol–water partition coefficient (Wildman–Crippen LogP) is 5.73. The number of hydrogen-bond acceptors (Lipinski definition) is 5. The van der Waals surface area contributed by atoms with Crippen molar-refractivity contribution in [3.63, 3.8) is 0 Å². The van der Waals surface area contributed by atoms with E-state index in [1.807, 2.05) is 23.5 Å². The van der Waals surface area contributed by atoms with Gasteiger partial charge in [0.15, 0.2) is 5.82 Å². The molecule has 0 saturated heterocycles. The summed E-state index contributed by atoms with van der Waals surface area (Å²) >= 11 is 1.86. The molecular weight excluding hydrogens is 352 g/mol. The van der Waals surface area contributed by atoms with Gasteiger partial charge >= 0.3 is 0 Å². The molecule has 3 aromatic rings. The van der Waals surface area contributed by atoms with Gasteiger partial charge in [0.1, 0.15) is 10.6 Å². The van der Waals surface area contributed by atoms with Crippen molar-refractivity contribution in [2.24, 2.45) is 11.8 Å². The Kier molecular flexibility index (Phi) is 5.39. The van der Waals surface area contributed by atoms with Crippen molar-refractivity contribution < 1.29 is 0 Å². The average Bonchev–Trinajstić information content (AvgIpc) is 3.05. The SMILES string of the molecule is CC(C)CC(C)CNc1nc(-c2ccncc2)nc2sc3c(c12)CCCC3. The van der Waals surface area contributed by atoms with E-state index in [-0.39, 0.29) is 0 Å². The van der Waals surface area contributed by atoms with E-state index in [2.05, 4.69) is 31.1 Å². The van der Waals surface area contributed by atoms with Gasteiger partial charge in [-0.2, -0.15) is 0 Å². The van der Waals surface area contributed by atoms with E-state index in [0.717, 1.165) is 35.0 Å². The number of thiophene rings is 1. The van der Waals surface area contributed by atoms with Gasteiger partial charge in [-0.05, 0) is 61.6 Å². The van der Waals surface area contributed by atoms with E-state index in [4.69, 9.17) is 9.97 Å². The maximum atomic E-state index is 4.96. The lowest BCUT2D eigenvalue weighted by Gasteiger charge is -2.17. The summed E-state index contributed by atoms with van der Waals surface area (Å²) < 4.78 is 0. The Bertz CT molecular complexity index is 917. The molecule has 0 amide bonds. The first-order valence-corrected chi connectivity index (χ1v) is 10.9. The van der Waals surface area contributed by atoms with Gasteiger partial charge in [0.2, 0.25) is 0 Å². The van der Waals surface area contributed by atoms with Gasteiger partial charge in [-0.15, -0.1) is 11.3 Å². The van der Waals surface area contributed by atoms with Crippen molar-refractivity contribution in [1.29, 1.82) is 0 Å². The van der Waals surface area contributed by atoms with Crippen molar-refractivity contribution in [2.75, 3.05) is 11.9 Å². The number of hydrogen-bond donors (Lipinski definition) is 1. The maximum Gasteiger partial charge on any atom is 0.163 e. The lowest BCUT2D eigenvalue weighted by Crippen LogP contribution is -2.15. The molecule has 5 heteroatoms. The van der Waals surface area contributed by atoms with Crippen LogP contribution in [0.3, 0.4) is 0 Å². The first-order chi connectivity index (χ1) is 13.1. The van der Waals surface area contributed by atoms with Crippen LogP contribution in [0.5, 0.6) is 0 Å². The molecule has 0 aromatic carbocycles. The summed E-state index contributed by atoms with van der Waals surface area (Å²) in [6.07, 6.45) is 9.74. The van der Waals surface area contributed by atoms with E-state index >= 15 is 0 Å². The van der Waals surface area contributed by atoms with Gasteiger partial charge in [-0.3, -0.25) is 4.98 Å². The Morgan fingerprint density at radius 3 is 2.63 bits per heavy atom. The Balaban J connectivity index is 1.75. The second-order valence-corrected chi connectivity index (χ2v) is 9.22. The molecule has 4 nitrogen and oxygen atoms in total. The second kappa shape index (κ2) is 7.93. The molecule has 3 heterocycles. The highest BCUT2D eigenvalue weighted by Gasteiger charge is 2.21. The Morgan fingerprint density at radius 1 is 1.07 bits per heavy atom. The summed E-state index contributed by atoms with van der Waals surface area (Å²) in [7, 11) is 0. The minimum atomic E-state index is 0.619. The number of fused-ring (bicyclic) bond motifs is 3. The summed E-state index contributed by atoms with van der Waals surface area (Å²) in [6, 6.07) is 3.97. The molecule has 0 aliphatic heterocycles. The number of rotatable bonds is 6. The third-order valence-electron chi connectivity index (χ3n) is 5.24. The molecular formula is C22H28N4S. The molecule has 1 aliphatic rings. The van der Waals surface area contributed by atoms with Crippen molar-refractivity contribution in [3.8, 4) is 11.4 Å². The van der Waals surface area contributed by atoms with Gasteiger partial charge < -0.3 is 5.32 Å². The molecule has 4 rings (SSSR count). The summed E-state index contributed by atoms with van der Waals surface area (Å²) in [5.41, 5.74) is 2.51. The predicted molar refractivity (Wildman–Crippen MR) is 114 cm³/mol. The van der Waals surface area contributed by atoms with Gasteiger partial charge in [-0.1, -0.05) is 20.8 Å². The molecule has 0 saturated carbocycles. The monoisotopic (exact) mass is 380 g/mol. The van der Waals surface area contributed by atoms with Crippen LogP contribution in [0, 0.1) is 11.8 Å². The molecule has 1 atom stereocenters. The third kappa shape index (κ3) is 3.98. The standard InChI is InChI=1S/C22H28N4S/c1-14(2)12-15(3)13-24-21-19-17-6-4-5-7-18(17)27-22(19)26-20(25-21)16-8-10-23-11-9-16/h8-11,14-15H,4-7,12-13H2,1-3H3,(H,24,25,26). The van der Waals surface area contributed by atoms with Crippen LogP contribution in [0.4, 0.5) is 5.82 Å². The highest BCUT2D eigenvalue weighted by Crippen LogP contribution is 2.39. The van der Waals surface area contributed by atoms with Crippen molar-refractivity contribution in [2.45, 2.75) is 52.9 Å². The van der Waals surface area contributed by atoms with E-state index in [0.29, 0.717) is 11.8 Å². The fraction of sp³-hybridized carbons (Fsp3) is 0.500. The number of nitrogens with zero attached hydrogens (tertiary/aromatic N) is 3. The molecule has 0 spiro atoms. The van der Waals surface area contributed by atoms with Crippen LogP contribution in [0.2, 0.25) is 0 Å². The van der Waals surface area contributed by atoms with Crippen LogP contribution in [-0.4, -0.2) is 21.5 Å². The highest BCUT2D eigenvalue weighted by molar-refractivity contribution is 7.19. The van der Waals surface area contributed by atoms with Crippen molar-refractivity contribution in [3.05, 3.63) is 35.0 Å². The van der Waals surface area contributed by atoms with Crippen LogP contribution >= 0.6 is 11.3 Å². The number of pyridine rings is 1. The molecule has 27 heavy (non-hydrogen) atoms. The molecule has 0 radical (unpaired) electrons. The third-order valence-corrected chi connectivity index (χ3v) is 6.43. The van der Waals surface area contributed by atoms with Gasteiger partial charge in [-0.25, -0.2) is 9.97 Å². The van der Waals surface area contributed by atoms with Crippen LogP contribution in [-0.2, 0) is 12.8 Å². The normalized spacial score (nSPS) is 15.1. The second-order valence-electron chi connectivity index (χ2n) is 8.14. The number of nitrogens with one attached hydrogen (secondary N) is 1. The van der Waals surface area contributed by atoms with Gasteiger partial charge in [0.25, 0.3) is 0 Å². The zero-order valence-electron chi connectivity index (χ0n) is 16.5. The topological polar surface area (TPSA) is 50.7 Å². The quantitative estimate of drug-likeness (QED) is 0.593. The molecule has 1 N–H and O–H groups in total. The average molecular weight is 381 g/mol. The van der Waals surface area contributed by atoms with Gasteiger partial charge in [0.05, 0.1) is 5.39 Å². The van der Waals surface area contributed by atoms with Crippen LogP contribution in [0.1, 0.15) is 50.5 Å². The minimum Gasteiger partial charge on any atom is -0.369 e. The zero-order valence-corrected chi connectivity index (χ0v) is 17.3. The van der Waals surface area contributed by atoms with Crippen molar-refractivity contribution >= 4 is 27.4 Å². The molecule has 142 valence electrons. The van der Waals surface area contributed by atoms with E-state index in [1.165, 1.54) is 41.5 Å². The molecule has 1 unspecified atom stereocenters. The summed E-state index contributed by atoms with van der Waals surface area (Å²) in [5, 5.41) is 4.95. The lowest BCUT2D eigenvalue weighted by atomic mass is 9.96. The van der Waals surface area contributed by atoms with E-state index in [9.17, 15) is 0 Å². The molecule has 1 aliphatic carbocycles. The number of aromatic nitrogens is 3. The van der Waals surface area contributed by atoms with E-state index < -0.39 is 0 Å². The van der Waals surface area contributed by atoms with E-state index in [1.54, 1.807) is 12.4 Å². The minimum absolute atomic E-state index is 0.619. The first-order valence-electron chi connectivity index (χ1n) is 10.1. The van der Waals surface area contributed by atoms with Gasteiger partial charge in [0, 0.05) is 29.4 Å². The summed E-state index contributed by atoms with van der Waals surface area (Å²) in [5.74, 6) is 3.15. The number of aryl methyl sites for hydroxylation is 2. The first kappa shape index (κ1) is 18.4. The fourth-order valence-corrected chi connectivity index (χ4v) is 5.34. The van der Waals surface area contributed by atoms with Crippen LogP contribution in [0.25, 0.3) is 21.6 Å². The molecule has 0 fully saturated rings. The maximum absolute atomic E-state index is 4.96. The number of anilines is 1. The van der Waals surface area contributed by atoms with Crippen LogP contribution < -0.4 is 5.32 Å².